The third kappa shape index (κ3) is 4.93. The average molecular weight is 591 g/mol. The molecular weight excluding hydrogens is 556 g/mol. The molecule has 2 heteroatoms. The van der Waals surface area contributed by atoms with E-state index in [9.17, 15) is 0 Å². The van der Waals surface area contributed by atoms with Crippen LogP contribution in [0.2, 0.25) is 0 Å². The van der Waals surface area contributed by atoms with Crippen LogP contribution in [0.3, 0.4) is 0 Å². The number of aromatic nitrogens is 2. The molecule has 8 aromatic rings. The summed E-state index contributed by atoms with van der Waals surface area (Å²) in [6.45, 7) is 6.85. The standard InChI is InChI=1S/C44H34N2/c1-44(2,3)37-12-8-10-32(25-37)42-38-13-4-6-15-40(38)43(41-16-7-5-14-39(41)42)33-20-19-29-22-31(18-17-30(29)23-33)35-24-36(28-46-27-35)34-11-9-21-45-26-34/h4-28H,1-3H3. The van der Waals surface area contributed by atoms with Crippen molar-refractivity contribution in [2.45, 2.75) is 26.2 Å². The third-order valence-electron chi connectivity index (χ3n) is 9.14. The lowest BCUT2D eigenvalue weighted by Crippen LogP contribution is -2.10. The maximum Gasteiger partial charge on any atom is 0.0347 e. The third-order valence-corrected chi connectivity index (χ3v) is 9.14. The zero-order chi connectivity index (χ0) is 31.3. The van der Waals surface area contributed by atoms with Crippen LogP contribution in [-0.2, 0) is 5.41 Å². The molecule has 6 aromatic carbocycles. The van der Waals surface area contributed by atoms with Crippen LogP contribution in [0.15, 0.2) is 152 Å². The van der Waals surface area contributed by atoms with Gasteiger partial charge in [0.2, 0.25) is 0 Å². The molecule has 46 heavy (non-hydrogen) atoms. The van der Waals surface area contributed by atoms with Gasteiger partial charge in [-0.15, -0.1) is 0 Å². The second-order valence-corrected chi connectivity index (χ2v) is 13.2. The molecule has 0 saturated heterocycles. The summed E-state index contributed by atoms with van der Waals surface area (Å²) in [6.07, 6.45) is 7.51. The van der Waals surface area contributed by atoms with E-state index >= 15 is 0 Å². The van der Waals surface area contributed by atoms with E-state index in [1.54, 1.807) is 6.20 Å². The van der Waals surface area contributed by atoms with Gasteiger partial charge in [0, 0.05) is 41.5 Å². The van der Waals surface area contributed by atoms with Gasteiger partial charge in [-0.1, -0.05) is 124 Å². The average Bonchev–Trinajstić information content (AvgIpc) is 3.10. The van der Waals surface area contributed by atoms with Gasteiger partial charge in [-0.2, -0.15) is 0 Å². The minimum Gasteiger partial charge on any atom is -0.264 e. The molecule has 0 aliphatic rings. The van der Waals surface area contributed by atoms with Crippen LogP contribution in [0, 0.1) is 0 Å². The predicted molar refractivity (Wildman–Crippen MR) is 195 cm³/mol. The highest BCUT2D eigenvalue weighted by atomic mass is 14.6. The lowest BCUT2D eigenvalue weighted by atomic mass is 9.82. The highest BCUT2D eigenvalue weighted by Gasteiger charge is 2.19. The van der Waals surface area contributed by atoms with Gasteiger partial charge in [0.1, 0.15) is 0 Å². The van der Waals surface area contributed by atoms with Crippen LogP contribution < -0.4 is 0 Å². The lowest BCUT2D eigenvalue weighted by molar-refractivity contribution is 0.590. The number of hydrogen-bond donors (Lipinski definition) is 0. The maximum atomic E-state index is 4.55. The highest BCUT2D eigenvalue weighted by Crippen LogP contribution is 2.44. The molecule has 0 saturated carbocycles. The van der Waals surface area contributed by atoms with Gasteiger partial charge >= 0.3 is 0 Å². The molecule has 220 valence electrons. The fraction of sp³-hybridized carbons (Fsp3) is 0.0909. The van der Waals surface area contributed by atoms with Crippen molar-refractivity contribution < 1.29 is 0 Å². The lowest BCUT2D eigenvalue weighted by Gasteiger charge is -2.22. The molecule has 0 amide bonds. The Balaban J connectivity index is 1.28. The van der Waals surface area contributed by atoms with E-state index in [1.165, 1.54) is 60.1 Å². The summed E-state index contributed by atoms with van der Waals surface area (Å²) in [5.41, 5.74) is 10.9. The van der Waals surface area contributed by atoms with Crippen molar-refractivity contribution in [3.8, 4) is 44.5 Å². The quantitative estimate of drug-likeness (QED) is 0.191. The Kier molecular flexibility index (Phi) is 6.73. The number of hydrogen-bond acceptors (Lipinski definition) is 2. The van der Waals surface area contributed by atoms with Gasteiger partial charge in [0.25, 0.3) is 0 Å². The van der Waals surface area contributed by atoms with Crippen LogP contribution in [-0.4, -0.2) is 9.97 Å². The summed E-state index contributed by atoms with van der Waals surface area (Å²) in [7, 11) is 0. The van der Waals surface area contributed by atoms with Crippen molar-refractivity contribution in [1.82, 2.24) is 9.97 Å². The topological polar surface area (TPSA) is 25.8 Å². The molecular formula is C44H34N2. The summed E-state index contributed by atoms with van der Waals surface area (Å²) in [5, 5.41) is 7.51. The molecule has 2 nitrogen and oxygen atoms in total. The van der Waals surface area contributed by atoms with E-state index in [0.29, 0.717) is 0 Å². The molecule has 2 heterocycles. The summed E-state index contributed by atoms with van der Waals surface area (Å²) in [6, 6.07) is 46.7. The number of rotatable bonds is 4. The van der Waals surface area contributed by atoms with Crippen molar-refractivity contribution in [2.75, 3.05) is 0 Å². The van der Waals surface area contributed by atoms with Crippen LogP contribution in [0.1, 0.15) is 26.3 Å². The Hall–Kier alpha value is -5.60. The fourth-order valence-electron chi connectivity index (χ4n) is 6.76. The van der Waals surface area contributed by atoms with Gasteiger partial charge in [-0.3, -0.25) is 9.97 Å². The maximum absolute atomic E-state index is 4.55. The number of benzene rings is 6. The molecule has 2 aromatic heterocycles. The molecule has 8 rings (SSSR count). The molecule has 0 fully saturated rings. The smallest absolute Gasteiger partial charge is 0.0347 e. The van der Waals surface area contributed by atoms with E-state index in [-0.39, 0.29) is 5.41 Å². The Morgan fingerprint density at radius 2 is 0.913 bits per heavy atom. The van der Waals surface area contributed by atoms with E-state index in [4.69, 9.17) is 0 Å². The fourth-order valence-corrected chi connectivity index (χ4v) is 6.76. The Morgan fingerprint density at radius 3 is 1.50 bits per heavy atom. The summed E-state index contributed by atoms with van der Waals surface area (Å²) in [5.74, 6) is 0. The Bertz CT molecular complexity index is 2340. The number of pyridine rings is 2. The van der Waals surface area contributed by atoms with E-state index < -0.39 is 0 Å². The summed E-state index contributed by atoms with van der Waals surface area (Å²) in [4.78, 5) is 8.83. The first-order valence-electron chi connectivity index (χ1n) is 15.9. The minimum atomic E-state index is 0.0746. The van der Waals surface area contributed by atoms with Crippen molar-refractivity contribution in [2.24, 2.45) is 0 Å². The zero-order valence-corrected chi connectivity index (χ0v) is 26.3. The predicted octanol–water partition coefficient (Wildman–Crippen LogP) is 11.9. The van der Waals surface area contributed by atoms with Crippen molar-refractivity contribution in [1.29, 1.82) is 0 Å². The van der Waals surface area contributed by atoms with Gasteiger partial charge < -0.3 is 0 Å². The zero-order valence-electron chi connectivity index (χ0n) is 26.3. The van der Waals surface area contributed by atoms with Crippen LogP contribution in [0.5, 0.6) is 0 Å². The van der Waals surface area contributed by atoms with Crippen LogP contribution in [0.25, 0.3) is 76.8 Å². The minimum absolute atomic E-state index is 0.0746. The second-order valence-electron chi connectivity index (χ2n) is 13.2. The molecule has 0 radical (unpaired) electrons. The molecule has 0 spiro atoms. The van der Waals surface area contributed by atoms with Crippen molar-refractivity contribution >= 4 is 32.3 Å². The highest BCUT2D eigenvalue weighted by molar-refractivity contribution is 6.21. The molecule has 0 aliphatic heterocycles. The largest absolute Gasteiger partial charge is 0.264 e. The molecule has 0 unspecified atom stereocenters. The van der Waals surface area contributed by atoms with E-state index in [0.717, 1.165) is 22.3 Å². The van der Waals surface area contributed by atoms with Crippen LogP contribution >= 0.6 is 0 Å². The van der Waals surface area contributed by atoms with Gasteiger partial charge in [-0.25, -0.2) is 0 Å². The normalized spacial score (nSPS) is 11.8. The van der Waals surface area contributed by atoms with Crippen molar-refractivity contribution in [3.05, 3.63) is 158 Å². The SMILES string of the molecule is CC(C)(C)c1cccc(-c2c3ccccc3c(-c3ccc4cc(-c5cncc(-c6cccnc6)c5)ccc4c3)c3ccccc23)c1. The molecule has 0 aliphatic carbocycles. The Labute approximate surface area is 270 Å². The van der Waals surface area contributed by atoms with Gasteiger partial charge in [0.15, 0.2) is 0 Å². The number of nitrogens with zero attached hydrogens (tertiary/aromatic N) is 2. The summed E-state index contributed by atoms with van der Waals surface area (Å²) >= 11 is 0. The first-order chi connectivity index (χ1) is 22.4. The van der Waals surface area contributed by atoms with Gasteiger partial charge in [0.05, 0.1) is 0 Å². The van der Waals surface area contributed by atoms with E-state index in [2.05, 4.69) is 152 Å². The molecule has 0 N–H and O–H groups in total. The van der Waals surface area contributed by atoms with E-state index in [1.807, 2.05) is 24.7 Å². The van der Waals surface area contributed by atoms with Gasteiger partial charge in [-0.05, 0) is 95.4 Å². The molecule has 0 atom stereocenters. The first-order valence-corrected chi connectivity index (χ1v) is 15.9. The Morgan fingerprint density at radius 1 is 0.391 bits per heavy atom. The molecule has 0 bridgehead atoms. The summed E-state index contributed by atoms with van der Waals surface area (Å²) < 4.78 is 0. The van der Waals surface area contributed by atoms with Crippen molar-refractivity contribution in [3.63, 3.8) is 0 Å². The monoisotopic (exact) mass is 590 g/mol. The number of fused-ring (bicyclic) bond motifs is 3. The van der Waals surface area contributed by atoms with Crippen LogP contribution in [0.4, 0.5) is 0 Å². The second kappa shape index (κ2) is 11.1. The first kappa shape index (κ1) is 27.9.